The van der Waals surface area contributed by atoms with E-state index in [2.05, 4.69) is 25.1 Å². The molecule has 0 spiro atoms. The highest BCUT2D eigenvalue weighted by Crippen LogP contribution is 2.32. The molecule has 23 heavy (non-hydrogen) atoms. The predicted octanol–water partition coefficient (Wildman–Crippen LogP) is 0.385. The van der Waals surface area contributed by atoms with Gasteiger partial charge >= 0.3 is 0 Å². The molecule has 0 radical (unpaired) electrons. The largest absolute Gasteiger partial charge is 0.391 e. The Hall–Kier alpha value is -1.69. The summed E-state index contributed by atoms with van der Waals surface area (Å²) in [6.45, 7) is 3.69. The summed E-state index contributed by atoms with van der Waals surface area (Å²) >= 11 is 0. The molecule has 4 N–H and O–H groups in total. The number of fused-ring (bicyclic) bond motifs is 3. The van der Waals surface area contributed by atoms with Crippen LogP contribution in [0.2, 0.25) is 0 Å². The number of nitrogens with zero attached hydrogens (tertiary/aromatic N) is 1. The van der Waals surface area contributed by atoms with E-state index in [1.165, 1.54) is 5.56 Å². The number of carbonyl (C=O) groups excluding carboxylic acids is 1. The molecule has 0 bridgehead atoms. The van der Waals surface area contributed by atoms with Crippen molar-refractivity contribution in [2.45, 2.75) is 38.8 Å². The maximum atomic E-state index is 12.5. The van der Waals surface area contributed by atoms with Gasteiger partial charge in [0, 0.05) is 17.3 Å². The number of rotatable bonds is 6. The molecule has 0 unspecified atom stereocenters. The lowest BCUT2D eigenvalue weighted by atomic mass is 9.94. The third-order valence-corrected chi connectivity index (χ3v) is 4.58. The molecule has 1 aromatic carbocycles. The number of hydrogen-bond acceptors (Lipinski definition) is 3. The Labute approximate surface area is 135 Å². The summed E-state index contributed by atoms with van der Waals surface area (Å²) < 4.78 is 2.00. The van der Waals surface area contributed by atoms with Gasteiger partial charge in [0.2, 0.25) is 0 Å². The molecule has 0 aliphatic heterocycles. The van der Waals surface area contributed by atoms with Crippen LogP contribution in [0, 0.1) is 6.92 Å². The number of ketones is 1. The molecule has 124 valence electrons. The number of aliphatic hydroxyl groups is 2. The molecule has 5 nitrogen and oxygen atoms in total. The molecule has 5 heteroatoms. The van der Waals surface area contributed by atoms with E-state index in [-0.39, 0.29) is 12.4 Å². The molecule has 3 rings (SSSR count). The van der Waals surface area contributed by atoms with Crippen molar-refractivity contribution in [3.8, 4) is 0 Å². The second-order valence-electron chi connectivity index (χ2n) is 6.43. The standard InChI is InChI=1S/C18H24N2O3/c1-12-5-6-16-15(9-12)14-3-2-4-17(23)18(14)20(16)11-13(22)10-19-7-8-21/h5-6,9,13,19,21-22H,2-4,7-8,10-11H2,1H3/p+1/t13-/m1/s1. The van der Waals surface area contributed by atoms with Crippen LogP contribution in [0.15, 0.2) is 18.2 Å². The van der Waals surface area contributed by atoms with Crippen LogP contribution < -0.4 is 5.32 Å². The number of quaternary nitrogens is 1. The van der Waals surface area contributed by atoms with Crippen molar-refractivity contribution in [2.75, 3.05) is 19.7 Å². The van der Waals surface area contributed by atoms with Gasteiger partial charge in [0.05, 0.1) is 25.4 Å². The molecule has 1 aliphatic rings. The number of carbonyl (C=O) groups is 1. The van der Waals surface area contributed by atoms with Crippen LogP contribution in [-0.2, 0) is 13.0 Å². The first-order chi connectivity index (χ1) is 11.1. The highest BCUT2D eigenvalue weighted by atomic mass is 16.3. The Morgan fingerprint density at radius 3 is 2.96 bits per heavy atom. The zero-order valence-corrected chi connectivity index (χ0v) is 13.6. The monoisotopic (exact) mass is 317 g/mol. The molecule has 0 saturated carbocycles. The summed E-state index contributed by atoms with van der Waals surface area (Å²) in [5, 5.41) is 22.2. The fraction of sp³-hybridized carbons (Fsp3) is 0.500. The van der Waals surface area contributed by atoms with E-state index >= 15 is 0 Å². The predicted molar refractivity (Wildman–Crippen MR) is 88.7 cm³/mol. The maximum absolute atomic E-state index is 12.5. The van der Waals surface area contributed by atoms with Crippen LogP contribution in [0.3, 0.4) is 0 Å². The first-order valence-electron chi connectivity index (χ1n) is 8.37. The Bertz CT molecular complexity index is 721. The quantitative estimate of drug-likeness (QED) is 0.674. The third kappa shape index (κ3) is 3.17. The average Bonchev–Trinajstić information content (AvgIpc) is 2.82. The Morgan fingerprint density at radius 1 is 1.35 bits per heavy atom. The molecule has 2 aromatic rings. The van der Waals surface area contributed by atoms with Gasteiger partial charge in [-0.05, 0) is 37.5 Å². The van der Waals surface area contributed by atoms with Crippen LogP contribution in [0.25, 0.3) is 10.9 Å². The van der Waals surface area contributed by atoms with Gasteiger partial charge in [-0.1, -0.05) is 11.6 Å². The second kappa shape index (κ2) is 6.83. The lowest BCUT2D eigenvalue weighted by Crippen LogP contribution is -2.87. The summed E-state index contributed by atoms with van der Waals surface area (Å²) in [4.78, 5) is 12.5. The summed E-state index contributed by atoms with van der Waals surface area (Å²) in [5.41, 5.74) is 4.16. The molecule has 0 fully saturated rings. The van der Waals surface area contributed by atoms with Gasteiger partial charge in [0.15, 0.2) is 5.78 Å². The van der Waals surface area contributed by atoms with Crippen LogP contribution >= 0.6 is 0 Å². The molecular weight excluding hydrogens is 292 g/mol. The molecule has 0 saturated heterocycles. The minimum Gasteiger partial charge on any atom is -0.391 e. The Balaban J connectivity index is 1.98. The van der Waals surface area contributed by atoms with Crippen molar-refractivity contribution in [1.29, 1.82) is 0 Å². The van der Waals surface area contributed by atoms with Crippen molar-refractivity contribution >= 4 is 16.7 Å². The number of nitrogens with two attached hydrogens (primary N) is 1. The molecule has 1 aromatic heterocycles. The second-order valence-corrected chi connectivity index (χ2v) is 6.43. The highest BCUT2D eigenvalue weighted by Gasteiger charge is 2.26. The normalized spacial score (nSPS) is 15.9. The van der Waals surface area contributed by atoms with Gasteiger partial charge in [0.1, 0.15) is 12.6 Å². The summed E-state index contributed by atoms with van der Waals surface area (Å²) in [6.07, 6.45) is 1.89. The van der Waals surface area contributed by atoms with Crippen LogP contribution in [0.1, 0.15) is 34.5 Å². The topological polar surface area (TPSA) is 79.1 Å². The van der Waals surface area contributed by atoms with Gasteiger partial charge in [-0.25, -0.2) is 0 Å². The van der Waals surface area contributed by atoms with Crippen LogP contribution in [-0.4, -0.2) is 46.4 Å². The molecule has 0 amide bonds. The maximum Gasteiger partial charge on any atom is 0.179 e. The molecule has 1 aliphatic carbocycles. The zero-order chi connectivity index (χ0) is 16.4. The number of aliphatic hydroxyl groups excluding tert-OH is 2. The minimum atomic E-state index is -0.544. The van der Waals surface area contributed by atoms with E-state index in [4.69, 9.17) is 5.11 Å². The fourth-order valence-electron chi connectivity index (χ4n) is 3.53. The number of aryl methyl sites for hydroxylation is 2. The Morgan fingerprint density at radius 2 is 2.17 bits per heavy atom. The van der Waals surface area contributed by atoms with Crippen molar-refractivity contribution in [3.63, 3.8) is 0 Å². The summed E-state index contributed by atoms with van der Waals surface area (Å²) in [7, 11) is 0. The van der Waals surface area contributed by atoms with Crippen molar-refractivity contribution in [2.24, 2.45) is 0 Å². The van der Waals surface area contributed by atoms with E-state index < -0.39 is 6.10 Å². The number of aromatic nitrogens is 1. The first kappa shape index (κ1) is 16.2. The SMILES string of the molecule is Cc1ccc2c(c1)c1c(n2C[C@H](O)C[NH2+]CCO)C(=O)CCC1. The van der Waals surface area contributed by atoms with Crippen molar-refractivity contribution in [3.05, 3.63) is 35.0 Å². The smallest absolute Gasteiger partial charge is 0.179 e. The van der Waals surface area contributed by atoms with Gasteiger partial charge < -0.3 is 20.1 Å². The van der Waals surface area contributed by atoms with Gasteiger partial charge in [-0.2, -0.15) is 0 Å². The zero-order valence-electron chi connectivity index (χ0n) is 13.6. The Kier molecular flexibility index (Phi) is 4.80. The van der Waals surface area contributed by atoms with E-state index in [9.17, 15) is 9.90 Å². The van der Waals surface area contributed by atoms with E-state index in [0.717, 1.165) is 35.0 Å². The minimum absolute atomic E-state index is 0.104. The fourth-order valence-corrected chi connectivity index (χ4v) is 3.53. The average molecular weight is 317 g/mol. The van der Waals surface area contributed by atoms with E-state index in [1.807, 2.05) is 9.88 Å². The van der Waals surface area contributed by atoms with Crippen molar-refractivity contribution < 1.29 is 20.3 Å². The van der Waals surface area contributed by atoms with Gasteiger partial charge in [0.25, 0.3) is 0 Å². The van der Waals surface area contributed by atoms with Crippen molar-refractivity contribution in [1.82, 2.24) is 4.57 Å². The molecular formula is C18H25N2O3+. The first-order valence-corrected chi connectivity index (χ1v) is 8.37. The number of Topliss-reactive ketones (excluding diaryl/α,β-unsaturated/α-hetero) is 1. The van der Waals surface area contributed by atoms with Crippen LogP contribution in [0.5, 0.6) is 0 Å². The molecule has 1 atom stereocenters. The number of benzene rings is 1. The highest BCUT2D eigenvalue weighted by molar-refractivity contribution is 6.04. The molecule has 1 heterocycles. The van der Waals surface area contributed by atoms with E-state index in [0.29, 0.717) is 26.1 Å². The lowest BCUT2D eigenvalue weighted by molar-refractivity contribution is -0.662. The van der Waals surface area contributed by atoms with Gasteiger partial charge in [-0.15, -0.1) is 0 Å². The van der Waals surface area contributed by atoms with Gasteiger partial charge in [-0.3, -0.25) is 4.79 Å². The summed E-state index contributed by atoms with van der Waals surface area (Å²) in [6, 6.07) is 6.26. The third-order valence-electron chi connectivity index (χ3n) is 4.58. The number of hydrogen-bond donors (Lipinski definition) is 3. The van der Waals surface area contributed by atoms with E-state index in [1.54, 1.807) is 0 Å². The van der Waals surface area contributed by atoms with Crippen LogP contribution in [0.4, 0.5) is 0 Å². The summed E-state index contributed by atoms with van der Waals surface area (Å²) in [5.74, 6) is 0.187. The lowest BCUT2D eigenvalue weighted by Gasteiger charge is -2.17.